The Labute approximate surface area is 178 Å². The maximum absolute atomic E-state index is 12.8. The van der Waals surface area contributed by atoms with Crippen LogP contribution >= 0.6 is 11.6 Å². The highest BCUT2D eigenvalue weighted by Crippen LogP contribution is 2.18. The molecular weight excluding hydrogens is 398 g/mol. The number of aryl methyl sites for hydroxylation is 1. The molecule has 0 aliphatic heterocycles. The van der Waals surface area contributed by atoms with Crippen molar-refractivity contribution in [3.05, 3.63) is 106 Å². The van der Waals surface area contributed by atoms with Gasteiger partial charge in [-0.1, -0.05) is 48.0 Å². The summed E-state index contributed by atoms with van der Waals surface area (Å²) in [6, 6.07) is 21.6. The van der Waals surface area contributed by atoms with Crippen molar-refractivity contribution < 1.29 is 4.79 Å². The molecule has 0 bridgehead atoms. The molecule has 1 aromatic heterocycles. The standard InChI is InChI=1S/C24H18ClN3O2/c1-16-20-7-3-4-8-21(20)24(30)28(27-16)19-13-11-18(12-14-19)26-23(29)15-10-17-6-2-5-9-22(17)25/h2-15H,1H3,(H,26,29)/b15-10+. The Morgan fingerprint density at radius 1 is 0.967 bits per heavy atom. The summed E-state index contributed by atoms with van der Waals surface area (Å²) in [6.45, 7) is 1.87. The summed E-state index contributed by atoms with van der Waals surface area (Å²) >= 11 is 6.09. The molecule has 4 aromatic rings. The van der Waals surface area contributed by atoms with Gasteiger partial charge in [0.25, 0.3) is 5.56 Å². The van der Waals surface area contributed by atoms with E-state index in [1.807, 2.05) is 43.3 Å². The molecule has 0 radical (unpaired) electrons. The molecular formula is C24H18ClN3O2. The quantitative estimate of drug-likeness (QED) is 0.477. The Bertz CT molecular complexity index is 1320. The lowest BCUT2D eigenvalue weighted by Gasteiger charge is -2.09. The average Bonchev–Trinajstić information content (AvgIpc) is 2.76. The third kappa shape index (κ3) is 4.02. The van der Waals surface area contributed by atoms with Gasteiger partial charge in [0.1, 0.15) is 0 Å². The summed E-state index contributed by atoms with van der Waals surface area (Å²) in [5, 5.41) is 9.25. The minimum absolute atomic E-state index is 0.185. The monoisotopic (exact) mass is 415 g/mol. The van der Waals surface area contributed by atoms with Crippen molar-refractivity contribution in [2.75, 3.05) is 5.32 Å². The number of carbonyl (C=O) groups is 1. The number of aromatic nitrogens is 2. The number of anilines is 1. The van der Waals surface area contributed by atoms with Gasteiger partial charge in [-0.2, -0.15) is 9.78 Å². The molecule has 0 unspecified atom stereocenters. The Morgan fingerprint density at radius 3 is 2.37 bits per heavy atom. The van der Waals surface area contributed by atoms with Crippen LogP contribution in [0.5, 0.6) is 0 Å². The molecule has 0 atom stereocenters. The van der Waals surface area contributed by atoms with Crippen LogP contribution in [0.15, 0.2) is 83.7 Å². The SMILES string of the molecule is Cc1nn(-c2ccc(NC(=O)/C=C/c3ccccc3Cl)cc2)c(=O)c2ccccc12. The van der Waals surface area contributed by atoms with Gasteiger partial charge in [-0.3, -0.25) is 9.59 Å². The number of nitrogens with one attached hydrogen (secondary N) is 1. The minimum atomic E-state index is -0.278. The molecule has 1 amide bonds. The normalized spacial score (nSPS) is 11.1. The minimum Gasteiger partial charge on any atom is -0.323 e. The van der Waals surface area contributed by atoms with E-state index < -0.39 is 0 Å². The van der Waals surface area contributed by atoms with Crippen molar-refractivity contribution in [2.45, 2.75) is 6.92 Å². The number of hydrogen-bond donors (Lipinski definition) is 1. The van der Waals surface area contributed by atoms with Gasteiger partial charge < -0.3 is 5.32 Å². The summed E-state index contributed by atoms with van der Waals surface area (Å²) in [5.41, 5.74) is 2.58. The third-order valence-corrected chi connectivity index (χ3v) is 5.03. The second kappa shape index (κ2) is 8.35. The predicted molar refractivity (Wildman–Crippen MR) is 121 cm³/mol. The fourth-order valence-corrected chi connectivity index (χ4v) is 3.37. The van der Waals surface area contributed by atoms with Gasteiger partial charge in [-0.05, 0) is 55.0 Å². The summed E-state index contributed by atoms with van der Waals surface area (Å²) in [4.78, 5) is 25.0. The maximum Gasteiger partial charge on any atom is 0.279 e. The second-order valence-corrected chi connectivity index (χ2v) is 7.15. The van der Waals surface area contributed by atoms with Crippen LogP contribution in [-0.4, -0.2) is 15.7 Å². The molecule has 148 valence electrons. The molecule has 0 aliphatic carbocycles. The third-order valence-electron chi connectivity index (χ3n) is 4.69. The van der Waals surface area contributed by atoms with Crippen molar-refractivity contribution in [1.29, 1.82) is 0 Å². The summed E-state index contributed by atoms with van der Waals surface area (Å²) in [7, 11) is 0. The fraction of sp³-hybridized carbons (Fsp3) is 0.0417. The van der Waals surface area contributed by atoms with Crippen LogP contribution in [0, 0.1) is 6.92 Å². The Balaban J connectivity index is 1.54. The lowest BCUT2D eigenvalue weighted by Crippen LogP contribution is -2.22. The average molecular weight is 416 g/mol. The Kier molecular flexibility index (Phi) is 5.46. The molecule has 3 aromatic carbocycles. The zero-order valence-electron chi connectivity index (χ0n) is 16.2. The lowest BCUT2D eigenvalue weighted by molar-refractivity contribution is -0.111. The smallest absolute Gasteiger partial charge is 0.279 e. The first-order valence-corrected chi connectivity index (χ1v) is 9.73. The second-order valence-electron chi connectivity index (χ2n) is 6.74. The number of halogens is 1. The van der Waals surface area contributed by atoms with E-state index in [0.717, 1.165) is 16.6 Å². The number of benzene rings is 3. The fourth-order valence-electron chi connectivity index (χ4n) is 3.17. The van der Waals surface area contributed by atoms with E-state index in [-0.39, 0.29) is 11.5 Å². The lowest BCUT2D eigenvalue weighted by atomic mass is 10.1. The van der Waals surface area contributed by atoms with Gasteiger partial charge in [0, 0.05) is 22.2 Å². The molecule has 1 heterocycles. The van der Waals surface area contributed by atoms with E-state index in [2.05, 4.69) is 10.4 Å². The van der Waals surface area contributed by atoms with Crippen molar-refractivity contribution in [3.63, 3.8) is 0 Å². The number of carbonyl (C=O) groups excluding carboxylic acids is 1. The van der Waals surface area contributed by atoms with Crippen molar-refractivity contribution in [3.8, 4) is 5.69 Å². The molecule has 0 saturated heterocycles. The first-order chi connectivity index (χ1) is 14.5. The van der Waals surface area contributed by atoms with Gasteiger partial charge in [0.2, 0.25) is 5.91 Å². The van der Waals surface area contributed by atoms with Crippen molar-refractivity contribution in [1.82, 2.24) is 9.78 Å². The Morgan fingerprint density at radius 2 is 1.63 bits per heavy atom. The van der Waals surface area contributed by atoms with Crippen LogP contribution in [0.1, 0.15) is 11.3 Å². The molecule has 0 fully saturated rings. The summed E-state index contributed by atoms with van der Waals surface area (Å²) in [6.07, 6.45) is 3.08. The molecule has 4 rings (SSSR count). The summed E-state index contributed by atoms with van der Waals surface area (Å²) < 4.78 is 1.38. The van der Waals surface area contributed by atoms with Gasteiger partial charge >= 0.3 is 0 Å². The summed E-state index contributed by atoms with van der Waals surface area (Å²) in [5.74, 6) is -0.278. The van der Waals surface area contributed by atoms with Gasteiger partial charge in [-0.15, -0.1) is 0 Å². The predicted octanol–water partition coefficient (Wildman–Crippen LogP) is 5.00. The van der Waals surface area contributed by atoms with Crippen LogP contribution in [0.4, 0.5) is 5.69 Å². The highest BCUT2D eigenvalue weighted by molar-refractivity contribution is 6.32. The van der Waals surface area contributed by atoms with Crippen LogP contribution < -0.4 is 10.9 Å². The number of rotatable bonds is 4. The van der Waals surface area contributed by atoms with Crippen LogP contribution in [0.3, 0.4) is 0 Å². The zero-order chi connectivity index (χ0) is 21.1. The molecule has 6 heteroatoms. The molecule has 5 nitrogen and oxygen atoms in total. The molecule has 1 N–H and O–H groups in total. The molecule has 0 aliphatic rings. The number of fused-ring (bicyclic) bond motifs is 1. The van der Waals surface area contributed by atoms with E-state index in [0.29, 0.717) is 21.8 Å². The molecule has 30 heavy (non-hydrogen) atoms. The van der Waals surface area contributed by atoms with Crippen LogP contribution in [0.2, 0.25) is 5.02 Å². The molecule has 0 saturated carbocycles. The first-order valence-electron chi connectivity index (χ1n) is 9.35. The van der Waals surface area contributed by atoms with Gasteiger partial charge in [-0.25, -0.2) is 0 Å². The van der Waals surface area contributed by atoms with Crippen molar-refractivity contribution >= 4 is 40.0 Å². The maximum atomic E-state index is 12.8. The zero-order valence-corrected chi connectivity index (χ0v) is 16.9. The van der Waals surface area contributed by atoms with E-state index in [1.54, 1.807) is 42.5 Å². The highest BCUT2D eigenvalue weighted by atomic mass is 35.5. The van der Waals surface area contributed by atoms with E-state index >= 15 is 0 Å². The number of amides is 1. The van der Waals surface area contributed by atoms with E-state index in [4.69, 9.17) is 11.6 Å². The molecule has 0 spiro atoms. The highest BCUT2D eigenvalue weighted by Gasteiger charge is 2.09. The Hall–Kier alpha value is -3.70. The van der Waals surface area contributed by atoms with Crippen LogP contribution in [-0.2, 0) is 4.79 Å². The van der Waals surface area contributed by atoms with E-state index in [1.165, 1.54) is 10.8 Å². The largest absolute Gasteiger partial charge is 0.323 e. The van der Waals surface area contributed by atoms with E-state index in [9.17, 15) is 9.59 Å². The van der Waals surface area contributed by atoms with Gasteiger partial charge in [0.15, 0.2) is 0 Å². The topological polar surface area (TPSA) is 64.0 Å². The number of nitrogens with zero attached hydrogens (tertiary/aromatic N) is 2. The van der Waals surface area contributed by atoms with Crippen molar-refractivity contribution in [2.24, 2.45) is 0 Å². The first kappa shape index (κ1) is 19.6. The number of hydrogen-bond acceptors (Lipinski definition) is 3. The van der Waals surface area contributed by atoms with Gasteiger partial charge in [0.05, 0.1) is 16.8 Å². The van der Waals surface area contributed by atoms with Crippen LogP contribution in [0.25, 0.3) is 22.5 Å².